The number of hydrogen-bond donors (Lipinski definition) is 6. The molecule has 0 unspecified atom stereocenters. The van der Waals surface area contributed by atoms with Gasteiger partial charge in [0, 0.05) is 72.2 Å². The first-order chi connectivity index (χ1) is 38.1. The molecule has 22 nitrogen and oxygen atoms in total. The molecule has 0 saturated carbocycles. The second-order valence-corrected chi connectivity index (χ2v) is 22.4. The molecular weight excluding hydrogens is 1050 g/mol. The van der Waals surface area contributed by atoms with Crippen LogP contribution in [0.5, 0.6) is 0 Å². The number of aromatic nitrogens is 1. The number of likely N-dealkylation sites (tertiary alicyclic amines) is 1. The Morgan fingerprint density at radius 3 is 2.14 bits per heavy atom. The van der Waals surface area contributed by atoms with E-state index in [1.54, 1.807) is 37.2 Å². The number of nitrogens with one attached hydrogen (secondary N) is 4. The van der Waals surface area contributed by atoms with Gasteiger partial charge in [-0.3, -0.25) is 38.4 Å². The van der Waals surface area contributed by atoms with Gasteiger partial charge in [0.2, 0.25) is 41.4 Å². The second-order valence-electron chi connectivity index (χ2n) is 21.5. The third kappa shape index (κ3) is 21.7. The smallest absolute Gasteiger partial charge is 0.303 e. The standard InChI is InChI=1S/C57H93N9O13S/c1-12-38(6)51(44(76-10)35-47(69)66-29-19-22-43(66)52(77-11)39(7)53(72)62-42(56-60-28-33-80-56)34-40-20-15-13-16-21-40)65(9)57(75)49(36(2)3)63-55(74)50(37(4)5)64(8)46(68)24-18-14-17-23-45(67)61-41(25-26-48(70)71)54(73)59-27-30-78-31-32-79-58/h13,15-16,20-21,28,33,36-39,41-44,49-52H,12,14,17-19,22-27,29-32,34-35,58H2,1-11H3,(H,59,73)(H,61,67)(H,62,72)(H,63,74)(H,70,71)/t38-,39+,41-,42-,43-,44+,49-,50-,51-,52+/m0/s1. The molecule has 2 heterocycles. The number of amides is 7. The zero-order valence-corrected chi connectivity index (χ0v) is 49.9. The van der Waals surface area contributed by atoms with Crippen LogP contribution in [0.2, 0.25) is 0 Å². The van der Waals surface area contributed by atoms with E-state index in [1.807, 2.05) is 84.2 Å². The highest BCUT2D eigenvalue weighted by atomic mass is 32.1. The van der Waals surface area contributed by atoms with Crippen LogP contribution in [-0.2, 0) is 63.8 Å². The molecule has 450 valence electrons. The van der Waals surface area contributed by atoms with Gasteiger partial charge in [-0.1, -0.05) is 91.6 Å². The zero-order valence-electron chi connectivity index (χ0n) is 49.1. The lowest BCUT2D eigenvalue weighted by Crippen LogP contribution is -2.60. The van der Waals surface area contributed by atoms with Gasteiger partial charge in [-0.25, -0.2) is 10.9 Å². The molecule has 0 radical (unpaired) electrons. The molecule has 2 aromatic rings. The van der Waals surface area contributed by atoms with Gasteiger partial charge >= 0.3 is 5.97 Å². The van der Waals surface area contributed by atoms with Crippen LogP contribution in [0.1, 0.15) is 136 Å². The molecule has 0 bridgehead atoms. The number of rotatable bonds is 38. The molecule has 0 spiro atoms. The van der Waals surface area contributed by atoms with E-state index in [-0.39, 0.29) is 106 Å². The summed E-state index contributed by atoms with van der Waals surface area (Å²) < 4.78 is 17.4. The van der Waals surface area contributed by atoms with Gasteiger partial charge in [0.15, 0.2) is 0 Å². The Labute approximate surface area is 477 Å². The summed E-state index contributed by atoms with van der Waals surface area (Å²) >= 11 is 1.48. The number of thiazole rings is 1. The number of unbranched alkanes of at least 4 members (excludes halogenated alkanes) is 2. The second kappa shape index (κ2) is 36.0. The maximum absolute atomic E-state index is 14.7. The summed E-state index contributed by atoms with van der Waals surface area (Å²) in [4.78, 5) is 122. The molecule has 1 aromatic heterocycles. The molecule has 3 rings (SSSR count). The molecular formula is C57H93N9O13S. The van der Waals surface area contributed by atoms with Crippen LogP contribution in [0.25, 0.3) is 0 Å². The summed E-state index contributed by atoms with van der Waals surface area (Å²) in [7, 11) is 6.32. The Balaban J connectivity index is 1.65. The molecule has 23 heteroatoms. The maximum Gasteiger partial charge on any atom is 0.303 e. The van der Waals surface area contributed by atoms with Gasteiger partial charge < -0.3 is 60.1 Å². The van der Waals surface area contributed by atoms with Crippen molar-refractivity contribution in [2.75, 3.05) is 61.2 Å². The third-order valence-corrected chi connectivity index (χ3v) is 15.9. The predicted octanol–water partition coefficient (Wildman–Crippen LogP) is 4.41. The van der Waals surface area contributed by atoms with Gasteiger partial charge in [-0.15, -0.1) is 11.3 Å². The van der Waals surface area contributed by atoms with Crippen molar-refractivity contribution in [1.29, 1.82) is 0 Å². The molecule has 10 atom stereocenters. The number of ether oxygens (including phenoxy) is 3. The number of carbonyl (C=O) groups excluding carboxylic acids is 7. The Kier molecular flexibility index (Phi) is 30.9. The van der Waals surface area contributed by atoms with Crippen molar-refractivity contribution < 1.29 is 62.5 Å². The third-order valence-electron chi connectivity index (χ3n) is 15.0. The van der Waals surface area contributed by atoms with Crippen LogP contribution in [-0.4, -0.2) is 176 Å². The Morgan fingerprint density at radius 2 is 1.54 bits per heavy atom. The molecule has 7 amide bonds. The SMILES string of the molecule is CC[C@H](C)[C@@H]([C@@H](CC(=O)N1CCC[C@H]1[C@H](OC)[C@@H](C)C(=O)N[C@@H](Cc1ccccc1)c1nccs1)OC)N(C)C(=O)[C@@H](NC(=O)[C@H](C(C)C)N(C)C(=O)CCCCCC(=O)N[C@@H](CCC(=O)O)C(=O)NCCOCCON)C(C)C. The lowest BCUT2D eigenvalue weighted by Gasteiger charge is -2.41. The Morgan fingerprint density at radius 1 is 0.838 bits per heavy atom. The van der Waals surface area contributed by atoms with Crippen molar-refractivity contribution in [1.82, 2.24) is 41.0 Å². The van der Waals surface area contributed by atoms with E-state index < -0.39 is 72.0 Å². The van der Waals surface area contributed by atoms with E-state index in [2.05, 4.69) is 31.1 Å². The van der Waals surface area contributed by atoms with Crippen LogP contribution in [0, 0.1) is 23.7 Å². The average molecular weight is 1140 g/mol. The topological polar surface area (TPSA) is 290 Å². The predicted molar refractivity (Wildman–Crippen MR) is 303 cm³/mol. The van der Waals surface area contributed by atoms with Gasteiger partial charge in [-0.05, 0) is 61.8 Å². The van der Waals surface area contributed by atoms with Crippen LogP contribution in [0.4, 0.5) is 0 Å². The molecule has 7 N–H and O–H groups in total. The highest BCUT2D eigenvalue weighted by molar-refractivity contribution is 7.09. The average Bonchev–Trinajstić information content (AvgIpc) is 4.16. The van der Waals surface area contributed by atoms with E-state index in [9.17, 15) is 43.5 Å². The number of benzene rings is 1. The lowest BCUT2D eigenvalue weighted by molar-refractivity contribution is -0.148. The fraction of sp³-hybridized carbons (Fsp3) is 0.702. The molecule has 80 heavy (non-hydrogen) atoms. The number of carbonyl (C=O) groups is 8. The number of methoxy groups -OCH3 is 2. The number of likely N-dealkylation sites (N-methyl/N-ethyl adjacent to an activating group) is 2. The van der Waals surface area contributed by atoms with Gasteiger partial charge in [0.1, 0.15) is 23.1 Å². The fourth-order valence-electron chi connectivity index (χ4n) is 10.4. The first kappa shape index (κ1) is 68.7. The number of hydrogen-bond acceptors (Lipinski definition) is 15. The minimum absolute atomic E-state index is 0.0409. The maximum atomic E-state index is 14.7. The first-order valence-corrected chi connectivity index (χ1v) is 29.1. The lowest BCUT2D eigenvalue weighted by atomic mass is 9.89. The van der Waals surface area contributed by atoms with Crippen molar-refractivity contribution in [2.24, 2.45) is 29.6 Å². The number of nitrogens with zero attached hydrogens (tertiary/aromatic N) is 4. The molecule has 1 fully saturated rings. The molecule has 1 aromatic carbocycles. The number of carboxylic acids is 1. The van der Waals surface area contributed by atoms with E-state index >= 15 is 0 Å². The molecule has 1 aliphatic heterocycles. The summed E-state index contributed by atoms with van der Waals surface area (Å²) in [5.41, 5.74) is 1.06. The molecule has 1 saturated heterocycles. The van der Waals surface area contributed by atoms with Crippen molar-refractivity contribution in [2.45, 2.75) is 174 Å². The first-order valence-electron chi connectivity index (χ1n) is 28.2. The largest absolute Gasteiger partial charge is 0.481 e. The number of aliphatic carboxylic acids is 1. The van der Waals surface area contributed by atoms with E-state index in [0.29, 0.717) is 45.1 Å². The summed E-state index contributed by atoms with van der Waals surface area (Å²) in [5, 5.41) is 23.3. The zero-order chi connectivity index (χ0) is 59.5. The van der Waals surface area contributed by atoms with Crippen molar-refractivity contribution in [3.8, 4) is 0 Å². The minimum Gasteiger partial charge on any atom is -0.481 e. The van der Waals surface area contributed by atoms with Crippen molar-refractivity contribution in [3.05, 3.63) is 52.5 Å². The van der Waals surface area contributed by atoms with Crippen molar-refractivity contribution in [3.63, 3.8) is 0 Å². The fourth-order valence-corrected chi connectivity index (χ4v) is 11.1. The van der Waals surface area contributed by atoms with Crippen LogP contribution < -0.4 is 27.2 Å². The van der Waals surface area contributed by atoms with Crippen LogP contribution in [0.3, 0.4) is 0 Å². The summed E-state index contributed by atoms with van der Waals surface area (Å²) in [6.45, 7) is 14.3. The highest BCUT2D eigenvalue weighted by Gasteiger charge is 2.44. The summed E-state index contributed by atoms with van der Waals surface area (Å²) in [6.07, 6.45) is 3.87. The van der Waals surface area contributed by atoms with E-state index in [1.165, 1.54) is 23.3 Å². The molecule has 0 aliphatic carbocycles. The number of carboxylic acid groups (broad SMARTS) is 1. The summed E-state index contributed by atoms with van der Waals surface area (Å²) in [5.74, 6) is -0.136. The minimum atomic E-state index is -1.11. The quantitative estimate of drug-likeness (QED) is 0.0401. The highest BCUT2D eigenvalue weighted by Crippen LogP contribution is 2.31. The van der Waals surface area contributed by atoms with E-state index in [0.717, 1.165) is 17.0 Å². The van der Waals surface area contributed by atoms with E-state index in [4.69, 9.17) is 20.1 Å². The van der Waals surface area contributed by atoms with Crippen LogP contribution in [0.15, 0.2) is 41.9 Å². The van der Waals surface area contributed by atoms with Gasteiger partial charge in [0.05, 0.1) is 62.5 Å². The monoisotopic (exact) mass is 1140 g/mol. The van der Waals surface area contributed by atoms with Crippen molar-refractivity contribution >= 4 is 58.7 Å². The van der Waals surface area contributed by atoms with Crippen LogP contribution >= 0.6 is 11.3 Å². The van der Waals surface area contributed by atoms with Gasteiger partial charge in [0.25, 0.3) is 0 Å². The normalized spacial score (nSPS) is 16.8. The number of nitrogens with two attached hydrogens (primary N) is 1. The summed E-state index contributed by atoms with van der Waals surface area (Å²) in [6, 6.07) is 5.61. The Hall–Kier alpha value is -5.59. The molecule has 1 aliphatic rings. The Bertz CT molecular complexity index is 2220. The van der Waals surface area contributed by atoms with Gasteiger partial charge in [-0.2, -0.15) is 0 Å².